The topological polar surface area (TPSA) is 71.8 Å². The number of fused-ring (bicyclic) bond motifs is 5. The maximum absolute atomic E-state index is 12.9. The van der Waals surface area contributed by atoms with Crippen molar-refractivity contribution < 1.29 is 9.18 Å². The number of aryl methyl sites for hydroxylation is 1. The normalized spacial score (nSPS) is 20.5. The Morgan fingerprint density at radius 3 is 2.97 bits per heavy atom. The highest BCUT2D eigenvalue weighted by atomic mass is 35.5. The first-order valence-corrected chi connectivity index (χ1v) is 11.6. The number of carbonyl (C=O) groups excluding carboxylic acids is 1. The molecule has 2 N–H and O–H groups in total. The van der Waals surface area contributed by atoms with Gasteiger partial charge >= 0.3 is 0 Å². The van der Waals surface area contributed by atoms with E-state index in [4.69, 9.17) is 11.6 Å². The van der Waals surface area contributed by atoms with Crippen LogP contribution in [-0.2, 0) is 24.2 Å². The van der Waals surface area contributed by atoms with E-state index >= 15 is 0 Å². The molecule has 3 atom stereocenters. The third-order valence-electron chi connectivity index (χ3n) is 6.05. The fourth-order valence-electron chi connectivity index (χ4n) is 4.55. The molecule has 1 amide bonds. The molecular formula is C22H23ClFN5OS. The van der Waals surface area contributed by atoms with Gasteiger partial charge in [-0.1, -0.05) is 29.8 Å². The maximum Gasteiger partial charge on any atom is 0.224 e. The molecule has 3 aromatic rings. The molecule has 1 aliphatic heterocycles. The number of hydrogen-bond acceptors (Lipinski definition) is 5. The van der Waals surface area contributed by atoms with Gasteiger partial charge in [-0.2, -0.15) is 0 Å². The van der Waals surface area contributed by atoms with Gasteiger partial charge in [0.15, 0.2) is 5.82 Å². The van der Waals surface area contributed by atoms with Gasteiger partial charge in [0.25, 0.3) is 0 Å². The molecule has 2 aliphatic rings. The minimum Gasteiger partial charge on any atom is -0.351 e. The van der Waals surface area contributed by atoms with Crippen LogP contribution in [0, 0.1) is 12.8 Å². The van der Waals surface area contributed by atoms with Gasteiger partial charge < -0.3 is 5.32 Å². The summed E-state index contributed by atoms with van der Waals surface area (Å²) in [5.74, 6) is 1.43. The summed E-state index contributed by atoms with van der Waals surface area (Å²) >= 11 is 8.29. The molecule has 1 aromatic carbocycles. The van der Waals surface area contributed by atoms with Crippen molar-refractivity contribution in [3.63, 3.8) is 0 Å². The minimum atomic E-state index is -0.566. The molecule has 1 aliphatic carbocycles. The second kappa shape index (κ2) is 8.00. The summed E-state index contributed by atoms with van der Waals surface area (Å²) in [6, 6.07) is 7.26. The van der Waals surface area contributed by atoms with Gasteiger partial charge in [-0.15, -0.1) is 21.5 Å². The van der Waals surface area contributed by atoms with Crippen molar-refractivity contribution in [1.29, 1.82) is 0 Å². The van der Waals surface area contributed by atoms with Gasteiger partial charge in [0, 0.05) is 21.4 Å². The molecule has 31 heavy (non-hydrogen) atoms. The Bertz CT molecular complexity index is 1160. The molecular weight excluding hydrogens is 437 g/mol. The number of carbonyl (C=O) groups is 1. The fraction of sp³-hybridized carbons (Fsp3) is 0.409. The standard InChI is InChI=1S/C22H23ClFN5OS/c1-11(9-24)26-21(30)13-7-15-17(8-13)31-22-19(15)20(14-5-3-4-6-16(14)23)25-10-18-28-27-12(2)29(18)22/h3-6,11,13,20,25H,7-10H2,1-2H3,(H,26,30)/t11-,13-,20-/m0/s1. The van der Waals surface area contributed by atoms with Crippen molar-refractivity contribution in [2.75, 3.05) is 6.67 Å². The first-order chi connectivity index (χ1) is 15.0. The van der Waals surface area contributed by atoms with Gasteiger partial charge in [-0.3, -0.25) is 14.7 Å². The summed E-state index contributed by atoms with van der Waals surface area (Å²) in [5.41, 5.74) is 3.33. The van der Waals surface area contributed by atoms with Gasteiger partial charge in [0.05, 0.1) is 18.6 Å². The molecule has 0 saturated carbocycles. The van der Waals surface area contributed by atoms with E-state index in [1.165, 1.54) is 10.4 Å². The molecule has 6 nitrogen and oxygen atoms in total. The quantitative estimate of drug-likeness (QED) is 0.624. The number of nitrogens with one attached hydrogen (secondary N) is 2. The molecule has 0 saturated heterocycles. The van der Waals surface area contributed by atoms with Crippen LogP contribution < -0.4 is 10.6 Å². The van der Waals surface area contributed by atoms with Crippen LogP contribution in [0.4, 0.5) is 4.39 Å². The summed E-state index contributed by atoms with van der Waals surface area (Å²) in [6.45, 7) is 3.63. The number of amides is 1. The van der Waals surface area contributed by atoms with E-state index in [1.807, 2.05) is 31.2 Å². The third kappa shape index (κ3) is 3.46. The smallest absolute Gasteiger partial charge is 0.224 e. The first kappa shape index (κ1) is 20.6. The van der Waals surface area contributed by atoms with Gasteiger partial charge in [0.2, 0.25) is 5.91 Å². The molecule has 162 valence electrons. The molecule has 3 heterocycles. The maximum atomic E-state index is 12.9. The van der Waals surface area contributed by atoms with Crippen molar-refractivity contribution >= 4 is 28.8 Å². The monoisotopic (exact) mass is 459 g/mol. The van der Waals surface area contributed by atoms with Crippen molar-refractivity contribution in [3.8, 4) is 5.00 Å². The number of aromatic nitrogens is 3. The number of halogens is 2. The van der Waals surface area contributed by atoms with Crippen molar-refractivity contribution in [1.82, 2.24) is 25.4 Å². The number of nitrogens with zero attached hydrogens (tertiary/aromatic N) is 3. The zero-order valence-electron chi connectivity index (χ0n) is 17.3. The summed E-state index contributed by atoms with van der Waals surface area (Å²) in [7, 11) is 0. The predicted molar refractivity (Wildman–Crippen MR) is 119 cm³/mol. The Labute approximate surface area is 188 Å². The van der Waals surface area contributed by atoms with Gasteiger partial charge in [0.1, 0.15) is 17.5 Å². The lowest BCUT2D eigenvalue weighted by atomic mass is 9.94. The predicted octanol–water partition coefficient (Wildman–Crippen LogP) is 3.67. The number of alkyl halides is 1. The SMILES string of the molecule is Cc1nnc2n1-c1sc3c(c1[C@H](c1ccccc1Cl)NC2)C[C@H](C(=O)N[C@@H](C)CF)C3. The number of hydrogen-bond donors (Lipinski definition) is 2. The molecule has 2 aromatic heterocycles. The van der Waals surface area contributed by atoms with Crippen LogP contribution >= 0.6 is 22.9 Å². The van der Waals surface area contributed by atoms with Crippen LogP contribution in [0.15, 0.2) is 24.3 Å². The Hall–Kier alpha value is -2.29. The van der Waals surface area contributed by atoms with Crippen LogP contribution in [-0.4, -0.2) is 33.4 Å². The molecule has 0 bridgehead atoms. The van der Waals surface area contributed by atoms with Crippen LogP contribution in [0.2, 0.25) is 5.02 Å². The van der Waals surface area contributed by atoms with E-state index in [1.54, 1.807) is 18.3 Å². The number of rotatable bonds is 4. The largest absolute Gasteiger partial charge is 0.351 e. The van der Waals surface area contributed by atoms with Crippen molar-refractivity contribution in [2.45, 2.75) is 45.3 Å². The number of benzene rings is 1. The van der Waals surface area contributed by atoms with E-state index in [9.17, 15) is 9.18 Å². The molecule has 0 unspecified atom stereocenters. The second-order valence-electron chi connectivity index (χ2n) is 8.23. The Morgan fingerprint density at radius 1 is 1.39 bits per heavy atom. The Kier molecular flexibility index (Phi) is 5.32. The fourth-order valence-corrected chi connectivity index (χ4v) is 6.31. The Balaban J connectivity index is 1.59. The summed E-state index contributed by atoms with van der Waals surface area (Å²) in [5, 5.41) is 16.8. The highest BCUT2D eigenvalue weighted by molar-refractivity contribution is 7.15. The highest BCUT2D eigenvalue weighted by Crippen LogP contribution is 2.46. The van der Waals surface area contributed by atoms with E-state index in [0.717, 1.165) is 27.8 Å². The van der Waals surface area contributed by atoms with Gasteiger partial charge in [-0.05, 0) is 43.9 Å². The molecule has 9 heteroatoms. The Morgan fingerprint density at radius 2 is 2.19 bits per heavy atom. The summed E-state index contributed by atoms with van der Waals surface area (Å²) in [4.78, 5) is 13.9. The van der Waals surface area contributed by atoms with E-state index < -0.39 is 12.7 Å². The van der Waals surface area contributed by atoms with Crippen molar-refractivity contribution in [3.05, 3.63) is 62.5 Å². The average Bonchev–Trinajstić information content (AvgIpc) is 3.39. The summed E-state index contributed by atoms with van der Waals surface area (Å²) < 4.78 is 15.0. The zero-order chi connectivity index (χ0) is 21.7. The van der Waals surface area contributed by atoms with Crippen LogP contribution in [0.3, 0.4) is 0 Å². The van der Waals surface area contributed by atoms with Crippen LogP contribution in [0.5, 0.6) is 0 Å². The van der Waals surface area contributed by atoms with E-state index in [-0.39, 0.29) is 17.9 Å². The van der Waals surface area contributed by atoms with Crippen LogP contribution in [0.1, 0.15) is 46.2 Å². The number of thiophene rings is 1. The molecule has 0 spiro atoms. The molecule has 0 radical (unpaired) electrons. The first-order valence-electron chi connectivity index (χ1n) is 10.4. The average molecular weight is 460 g/mol. The van der Waals surface area contributed by atoms with Crippen LogP contribution in [0.25, 0.3) is 5.00 Å². The van der Waals surface area contributed by atoms with E-state index in [2.05, 4.69) is 25.4 Å². The molecule has 5 rings (SSSR count). The van der Waals surface area contributed by atoms with E-state index in [0.29, 0.717) is 24.4 Å². The molecule has 0 fully saturated rings. The lowest BCUT2D eigenvalue weighted by Crippen LogP contribution is -2.38. The lowest BCUT2D eigenvalue weighted by Gasteiger charge is -2.21. The van der Waals surface area contributed by atoms with Crippen molar-refractivity contribution in [2.24, 2.45) is 5.92 Å². The summed E-state index contributed by atoms with van der Waals surface area (Å²) in [6.07, 6.45) is 1.29. The van der Waals surface area contributed by atoms with Gasteiger partial charge in [-0.25, -0.2) is 4.39 Å². The highest BCUT2D eigenvalue weighted by Gasteiger charge is 2.38. The second-order valence-corrected chi connectivity index (χ2v) is 9.72. The zero-order valence-corrected chi connectivity index (χ0v) is 18.9. The lowest BCUT2D eigenvalue weighted by molar-refractivity contribution is -0.125. The minimum absolute atomic E-state index is 0.0839. The third-order valence-corrected chi connectivity index (χ3v) is 7.65.